The van der Waals surface area contributed by atoms with Gasteiger partial charge in [-0.2, -0.15) is 8.42 Å². The molecule has 3 aromatic carbocycles. The van der Waals surface area contributed by atoms with Crippen LogP contribution in [0.2, 0.25) is 0 Å². The molecule has 122 valence electrons. The Balaban J connectivity index is 2.41. The summed E-state index contributed by atoms with van der Waals surface area (Å²) in [5.41, 5.74) is 3.92. The molecule has 3 nitrogen and oxygen atoms in total. The smallest absolute Gasteiger partial charge is 0.251 e. The van der Waals surface area contributed by atoms with E-state index in [1.54, 1.807) is 0 Å². The summed E-state index contributed by atoms with van der Waals surface area (Å²) < 4.78 is 30.1. The quantitative estimate of drug-likeness (QED) is 0.629. The van der Waals surface area contributed by atoms with E-state index in [1.807, 2.05) is 89.2 Å². The van der Waals surface area contributed by atoms with Gasteiger partial charge in [0.05, 0.1) is 0 Å². The zero-order valence-electron chi connectivity index (χ0n) is 13.1. The van der Waals surface area contributed by atoms with Gasteiger partial charge in [-0.15, -0.1) is 0 Å². The topological polar surface area (TPSA) is 43.4 Å². The fraction of sp³-hybridized carbons (Fsp3) is 0.0526. The Hall–Kier alpha value is -2.00. The minimum Gasteiger partial charge on any atom is -0.251 e. The normalized spacial score (nSPS) is 11.4. The van der Waals surface area contributed by atoms with E-state index in [9.17, 15) is 8.42 Å². The van der Waals surface area contributed by atoms with Crippen molar-refractivity contribution in [2.75, 3.05) is 0 Å². The summed E-state index contributed by atoms with van der Waals surface area (Å²) in [5, 5.41) is 0. The Kier molecular flexibility index (Phi) is 4.81. The summed E-state index contributed by atoms with van der Waals surface area (Å²) in [4.78, 5) is 0.181. The van der Waals surface area contributed by atoms with Crippen LogP contribution in [0.1, 0.15) is 5.56 Å². The third kappa shape index (κ3) is 3.27. The maximum absolute atomic E-state index is 12.7. The number of aryl methyl sites for hydroxylation is 1. The third-order valence-corrected chi connectivity index (χ3v) is 5.73. The average Bonchev–Trinajstić information content (AvgIpc) is 2.62. The van der Waals surface area contributed by atoms with E-state index in [-0.39, 0.29) is 4.90 Å². The highest BCUT2D eigenvalue weighted by Gasteiger charge is 2.25. The highest BCUT2D eigenvalue weighted by Crippen LogP contribution is 2.38. The molecule has 0 fully saturated rings. The predicted octanol–water partition coefficient (Wildman–Crippen LogP) is 4.82. The SMILES string of the molecule is Cc1cc(-c2ccccc2)c(S(=O)(=O)OP)c(-c2ccccc2)c1. The van der Waals surface area contributed by atoms with Gasteiger partial charge >= 0.3 is 10.1 Å². The Bertz CT molecular complexity index is 892. The van der Waals surface area contributed by atoms with Crippen molar-refractivity contribution in [2.45, 2.75) is 11.8 Å². The Labute approximate surface area is 144 Å². The van der Waals surface area contributed by atoms with Crippen LogP contribution >= 0.6 is 9.47 Å². The molecule has 0 aliphatic rings. The number of rotatable bonds is 4. The lowest BCUT2D eigenvalue weighted by molar-refractivity contribution is 0.518. The van der Waals surface area contributed by atoms with Gasteiger partial charge in [-0.3, -0.25) is 3.97 Å². The number of hydrogen-bond acceptors (Lipinski definition) is 3. The van der Waals surface area contributed by atoms with Crippen molar-refractivity contribution in [1.29, 1.82) is 0 Å². The maximum Gasteiger partial charge on any atom is 0.300 e. The van der Waals surface area contributed by atoms with Crippen molar-refractivity contribution in [3.8, 4) is 22.3 Å². The molecular formula is C19H17O3PS. The first-order chi connectivity index (χ1) is 11.5. The first-order valence-electron chi connectivity index (χ1n) is 7.42. The van der Waals surface area contributed by atoms with Gasteiger partial charge in [-0.25, -0.2) is 0 Å². The highest BCUT2D eigenvalue weighted by atomic mass is 32.2. The van der Waals surface area contributed by atoms with Gasteiger partial charge in [0.2, 0.25) is 0 Å². The molecule has 3 rings (SSSR count). The summed E-state index contributed by atoms with van der Waals surface area (Å²) in [5.74, 6) is 0. The molecule has 0 radical (unpaired) electrons. The fourth-order valence-electron chi connectivity index (χ4n) is 2.75. The van der Waals surface area contributed by atoms with E-state index < -0.39 is 10.1 Å². The summed E-state index contributed by atoms with van der Waals surface area (Å²) in [6.45, 7) is 1.96. The molecule has 0 bridgehead atoms. The summed E-state index contributed by atoms with van der Waals surface area (Å²) in [6.07, 6.45) is 0. The van der Waals surface area contributed by atoms with Crippen LogP contribution in [-0.2, 0) is 14.1 Å². The average molecular weight is 356 g/mol. The molecule has 0 spiro atoms. The van der Waals surface area contributed by atoms with Crippen LogP contribution in [0.25, 0.3) is 22.3 Å². The second-order valence-corrected chi connectivity index (χ2v) is 7.56. The summed E-state index contributed by atoms with van der Waals surface area (Å²) in [7, 11) is -2.07. The highest BCUT2D eigenvalue weighted by molar-refractivity contribution is 7.89. The lowest BCUT2D eigenvalue weighted by atomic mass is 9.96. The zero-order valence-corrected chi connectivity index (χ0v) is 15.1. The second-order valence-electron chi connectivity index (χ2n) is 5.47. The second kappa shape index (κ2) is 6.86. The minimum absolute atomic E-state index is 0.181. The molecular weight excluding hydrogens is 339 g/mol. The standard InChI is InChI=1S/C19H17O3PS/c1-14-12-17(15-8-4-2-5-9-15)19(24(20,21)22-23)18(13-14)16-10-6-3-7-11-16/h2-13H,23H2,1H3. The van der Waals surface area contributed by atoms with Crippen molar-refractivity contribution in [2.24, 2.45) is 0 Å². The Morgan fingerprint density at radius 2 is 1.21 bits per heavy atom. The molecule has 0 N–H and O–H groups in total. The molecule has 1 atom stereocenters. The zero-order chi connectivity index (χ0) is 17.2. The maximum atomic E-state index is 12.7. The molecule has 5 heteroatoms. The van der Waals surface area contributed by atoms with Crippen LogP contribution in [0.5, 0.6) is 0 Å². The number of hydrogen-bond donors (Lipinski definition) is 0. The molecule has 0 aliphatic carbocycles. The van der Waals surface area contributed by atoms with Gasteiger partial charge in [-0.1, -0.05) is 60.7 Å². The Morgan fingerprint density at radius 1 is 0.792 bits per heavy atom. The summed E-state index contributed by atoms with van der Waals surface area (Å²) in [6, 6.07) is 22.7. The van der Waals surface area contributed by atoms with Crippen molar-refractivity contribution in [1.82, 2.24) is 0 Å². The minimum atomic E-state index is -3.91. The molecule has 24 heavy (non-hydrogen) atoms. The van der Waals surface area contributed by atoms with Gasteiger partial charge in [-0.05, 0) is 35.7 Å². The Morgan fingerprint density at radius 3 is 1.58 bits per heavy atom. The molecule has 3 aromatic rings. The largest absolute Gasteiger partial charge is 0.300 e. The number of benzene rings is 3. The predicted molar refractivity (Wildman–Crippen MR) is 100 cm³/mol. The molecule has 0 aromatic heterocycles. The van der Waals surface area contributed by atoms with Crippen LogP contribution in [-0.4, -0.2) is 8.42 Å². The first kappa shape index (κ1) is 16.8. The fourth-order valence-corrected chi connectivity index (χ4v) is 4.03. The molecule has 0 amide bonds. The van der Waals surface area contributed by atoms with Crippen LogP contribution in [0.3, 0.4) is 0 Å². The van der Waals surface area contributed by atoms with E-state index >= 15 is 0 Å². The summed E-state index contributed by atoms with van der Waals surface area (Å²) >= 11 is 0. The van der Waals surface area contributed by atoms with Crippen molar-refractivity contribution >= 4 is 19.6 Å². The monoisotopic (exact) mass is 356 g/mol. The third-order valence-electron chi connectivity index (χ3n) is 3.78. The van der Waals surface area contributed by atoms with E-state index in [0.29, 0.717) is 11.1 Å². The lowest BCUT2D eigenvalue weighted by Gasteiger charge is -2.16. The van der Waals surface area contributed by atoms with Gasteiger partial charge in [0.25, 0.3) is 0 Å². The molecule has 1 unspecified atom stereocenters. The van der Waals surface area contributed by atoms with Crippen LogP contribution in [0.15, 0.2) is 77.7 Å². The molecule has 0 saturated heterocycles. The van der Waals surface area contributed by atoms with E-state index in [2.05, 4.69) is 0 Å². The van der Waals surface area contributed by atoms with Crippen LogP contribution < -0.4 is 0 Å². The van der Waals surface area contributed by atoms with Crippen molar-refractivity contribution < 1.29 is 12.4 Å². The van der Waals surface area contributed by atoms with Crippen molar-refractivity contribution in [3.63, 3.8) is 0 Å². The molecule has 0 aliphatic heterocycles. The van der Waals surface area contributed by atoms with Gasteiger partial charge in [0.15, 0.2) is 0 Å². The van der Waals surface area contributed by atoms with E-state index in [1.165, 1.54) is 0 Å². The van der Waals surface area contributed by atoms with Crippen molar-refractivity contribution in [3.05, 3.63) is 78.4 Å². The molecule has 0 saturated carbocycles. The van der Waals surface area contributed by atoms with Crippen LogP contribution in [0.4, 0.5) is 0 Å². The lowest BCUT2D eigenvalue weighted by Crippen LogP contribution is -2.05. The van der Waals surface area contributed by atoms with Gasteiger partial charge < -0.3 is 0 Å². The van der Waals surface area contributed by atoms with Gasteiger partial charge in [0, 0.05) is 20.6 Å². The van der Waals surface area contributed by atoms with E-state index in [4.69, 9.17) is 3.97 Å². The van der Waals surface area contributed by atoms with Crippen LogP contribution in [0, 0.1) is 6.92 Å². The molecule has 0 heterocycles. The van der Waals surface area contributed by atoms with Gasteiger partial charge in [0.1, 0.15) is 4.90 Å². The van der Waals surface area contributed by atoms with E-state index in [0.717, 1.165) is 16.7 Å². The first-order valence-corrected chi connectivity index (χ1v) is 9.30.